The number of carbonyl (C=O) groups excluding carboxylic acids is 1. The lowest BCUT2D eigenvalue weighted by Crippen LogP contribution is -2.54. The number of likely N-dealkylation sites (tertiary alicyclic amines) is 1. The Bertz CT molecular complexity index is 1970. The summed E-state index contributed by atoms with van der Waals surface area (Å²) in [6.45, 7) is 3.77. The van der Waals surface area contributed by atoms with E-state index in [-0.39, 0.29) is 16.1 Å². The molecule has 4 heterocycles. The molecular formula is C35H35N5O7S. The molecular weight excluding hydrogens is 634 g/mol. The summed E-state index contributed by atoms with van der Waals surface area (Å²) in [4.78, 5) is 24.2. The highest BCUT2D eigenvalue weighted by atomic mass is 32.2. The average Bonchev–Trinajstić information content (AvgIpc) is 3.87. The van der Waals surface area contributed by atoms with E-state index in [1.165, 1.54) is 56.9 Å². The third-order valence-electron chi connectivity index (χ3n) is 9.41. The van der Waals surface area contributed by atoms with Crippen molar-refractivity contribution in [1.82, 2.24) is 14.8 Å². The van der Waals surface area contributed by atoms with Crippen molar-refractivity contribution in [2.45, 2.75) is 35.9 Å². The molecule has 248 valence electrons. The van der Waals surface area contributed by atoms with Crippen LogP contribution in [0.3, 0.4) is 0 Å². The van der Waals surface area contributed by atoms with Crippen LogP contribution < -0.4 is 13.8 Å². The third-order valence-corrected chi connectivity index (χ3v) is 11.1. The van der Waals surface area contributed by atoms with E-state index < -0.39 is 27.5 Å². The van der Waals surface area contributed by atoms with Crippen molar-refractivity contribution in [2.75, 3.05) is 51.4 Å². The summed E-state index contributed by atoms with van der Waals surface area (Å²) >= 11 is 0. The standard InChI is InChI=1S/C35H35N5O7S/c1-44-26-7-9-27(10-8-26)48(42,43)40-30-11-5-24(22-36)20-28(30)35(34(40)41,39-14-3-4-31(39)33-37-13-17-47-33)29-21-25(6-12-32(29)45-2)23-38-15-18-46-19-16-38/h5-13,17,20-21,31H,3-4,14-16,18-19,23H2,1-2H3. The van der Waals surface area contributed by atoms with Crippen LogP contribution in [0.4, 0.5) is 5.69 Å². The number of oxazole rings is 1. The minimum Gasteiger partial charge on any atom is -0.497 e. The van der Waals surface area contributed by atoms with Crippen molar-refractivity contribution >= 4 is 21.6 Å². The number of anilines is 1. The Labute approximate surface area is 279 Å². The van der Waals surface area contributed by atoms with E-state index in [0.717, 1.165) is 23.0 Å². The Morgan fingerprint density at radius 1 is 1.00 bits per heavy atom. The molecule has 3 aromatic carbocycles. The largest absolute Gasteiger partial charge is 0.497 e. The number of ether oxygens (including phenoxy) is 3. The number of methoxy groups -OCH3 is 2. The molecule has 7 rings (SSSR count). The second-order valence-electron chi connectivity index (χ2n) is 11.9. The summed E-state index contributed by atoms with van der Waals surface area (Å²) in [5.74, 6) is 0.591. The zero-order chi connectivity index (χ0) is 33.5. The summed E-state index contributed by atoms with van der Waals surface area (Å²) in [6.07, 6.45) is 4.35. The molecule has 2 saturated heterocycles. The van der Waals surface area contributed by atoms with Crippen molar-refractivity contribution in [1.29, 1.82) is 5.26 Å². The Balaban J connectivity index is 1.50. The van der Waals surface area contributed by atoms with Gasteiger partial charge in [0.2, 0.25) is 5.89 Å². The molecule has 0 N–H and O–H groups in total. The molecule has 2 atom stereocenters. The zero-order valence-electron chi connectivity index (χ0n) is 26.7. The normalized spacial score (nSPS) is 21.6. The summed E-state index contributed by atoms with van der Waals surface area (Å²) in [7, 11) is -1.44. The quantitative estimate of drug-likeness (QED) is 0.253. The van der Waals surface area contributed by atoms with Gasteiger partial charge in [0.1, 0.15) is 17.8 Å². The number of fused-ring (bicyclic) bond motifs is 1. The van der Waals surface area contributed by atoms with Crippen LogP contribution in [-0.2, 0) is 31.6 Å². The molecule has 48 heavy (non-hydrogen) atoms. The maximum absolute atomic E-state index is 15.6. The first kappa shape index (κ1) is 31.8. The van der Waals surface area contributed by atoms with Gasteiger partial charge in [0.25, 0.3) is 15.9 Å². The average molecular weight is 670 g/mol. The van der Waals surface area contributed by atoms with Crippen LogP contribution in [0, 0.1) is 11.3 Å². The predicted octanol–water partition coefficient (Wildman–Crippen LogP) is 4.21. The number of benzene rings is 3. The highest BCUT2D eigenvalue weighted by molar-refractivity contribution is 7.93. The number of sulfonamides is 1. The second-order valence-corrected chi connectivity index (χ2v) is 13.7. The second kappa shape index (κ2) is 12.7. The Kier molecular flexibility index (Phi) is 8.43. The van der Waals surface area contributed by atoms with Crippen molar-refractivity contribution in [3.05, 3.63) is 101 Å². The lowest BCUT2D eigenvalue weighted by molar-refractivity contribution is -0.127. The van der Waals surface area contributed by atoms with Gasteiger partial charge in [0.05, 0.1) is 61.9 Å². The van der Waals surface area contributed by atoms with Crippen LogP contribution in [-0.4, -0.2) is 76.2 Å². The number of carbonyl (C=O) groups is 1. The Morgan fingerprint density at radius 2 is 1.79 bits per heavy atom. The van der Waals surface area contributed by atoms with Crippen LogP contribution in [0.1, 0.15) is 47.0 Å². The van der Waals surface area contributed by atoms with Gasteiger partial charge in [-0.05, 0) is 73.0 Å². The van der Waals surface area contributed by atoms with Crippen molar-refractivity contribution in [2.24, 2.45) is 0 Å². The summed E-state index contributed by atoms with van der Waals surface area (Å²) in [5.41, 5.74) is 0.468. The molecule has 12 nitrogen and oxygen atoms in total. The van der Waals surface area contributed by atoms with E-state index in [1.807, 2.05) is 23.1 Å². The van der Waals surface area contributed by atoms with Gasteiger partial charge in [-0.15, -0.1) is 0 Å². The minimum atomic E-state index is -4.46. The molecule has 1 aromatic heterocycles. The molecule has 13 heteroatoms. The summed E-state index contributed by atoms with van der Waals surface area (Å²) in [6, 6.07) is 18.0. The van der Waals surface area contributed by atoms with Gasteiger partial charge in [-0.1, -0.05) is 6.07 Å². The van der Waals surface area contributed by atoms with Crippen LogP contribution in [0.15, 0.2) is 82.4 Å². The van der Waals surface area contributed by atoms with Gasteiger partial charge in [0.15, 0.2) is 5.54 Å². The van der Waals surface area contributed by atoms with Crippen LogP contribution in [0.2, 0.25) is 0 Å². The van der Waals surface area contributed by atoms with Gasteiger partial charge >= 0.3 is 0 Å². The van der Waals surface area contributed by atoms with Gasteiger partial charge in [-0.25, -0.2) is 17.7 Å². The van der Waals surface area contributed by atoms with Gasteiger partial charge in [0, 0.05) is 37.3 Å². The molecule has 3 aliphatic heterocycles. The fraction of sp³-hybridized carbons (Fsp3) is 0.343. The molecule has 2 fully saturated rings. The van der Waals surface area contributed by atoms with Crippen LogP contribution in [0.5, 0.6) is 11.5 Å². The molecule has 0 aliphatic carbocycles. The highest BCUT2D eigenvalue weighted by Crippen LogP contribution is 2.56. The first-order chi connectivity index (χ1) is 23.3. The van der Waals surface area contributed by atoms with Crippen LogP contribution in [0.25, 0.3) is 0 Å². The van der Waals surface area contributed by atoms with E-state index in [0.29, 0.717) is 67.7 Å². The fourth-order valence-corrected chi connectivity index (χ4v) is 8.67. The molecule has 0 saturated carbocycles. The first-order valence-electron chi connectivity index (χ1n) is 15.7. The maximum Gasteiger partial charge on any atom is 0.271 e. The highest BCUT2D eigenvalue weighted by Gasteiger charge is 2.63. The lowest BCUT2D eigenvalue weighted by atomic mass is 9.79. The van der Waals surface area contributed by atoms with E-state index in [9.17, 15) is 13.7 Å². The number of nitrogens with zero attached hydrogens (tertiary/aromatic N) is 5. The number of hydrogen-bond donors (Lipinski definition) is 0. The van der Waals surface area contributed by atoms with E-state index in [2.05, 4.69) is 16.0 Å². The van der Waals surface area contributed by atoms with E-state index in [1.54, 1.807) is 12.3 Å². The molecule has 0 bridgehead atoms. The monoisotopic (exact) mass is 669 g/mol. The number of rotatable bonds is 9. The number of aromatic nitrogens is 1. The SMILES string of the molecule is COc1ccc(S(=O)(=O)N2C(=O)C(c3cc(CN4CCOCC4)ccc3OC)(N3CCCC3c3ncco3)c3cc(C#N)ccc32)cc1. The minimum absolute atomic E-state index is 0.0820. The van der Waals surface area contributed by atoms with Gasteiger partial charge in [-0.3, -0.25) is 14.6 Å². The van der Waals surface area contributed by atoms with Crippen LogP contribution >= 0.6 is 0 Å². The number of hydrogen-bond acceptors (Lipinski definition) is 11. The first-order valence-corrected chi connectivity index (χ1v) is 17.2. The van der Waals surface area contributed by atoms with Crippen molar-refractivity contribution in [3.8, 4) is 17.6 Å². The number of nitriles is 1. The fourth-order valence-electron chi connectivity index (χ4n) is 7.21. The summed E-state index contributed by atoms with van der Waals surface area (Å²) < 4.78 is 52.6. The van der Waals surface area contributed by atoms with Crippen molar-refractivity contribution < 1.29 is 31.8 Å². The Morgan fingerprint density at radius 3 is 2.48 bits per heavy atom. The molecule has 0 radical (unpaired) electrons. The zero-order valence-corrected chi connectivity index (χ0v) is 27.5. The van der Waals surface area contributed by atoms with E-state index >= 15 is 4.79 Å². The molecule has 2 unspecified atom stereocenters. The lowest BCUT2D eigenvalue weighted by Gasteiger charge is -2.41. The van der Waals surface area contributed by atoms with E-state index in [4.69, 9.17) is 18.6 Å². The number of amides is 1. The van der Waals surface area contributed by atoms with Gasteiger partial charge in [-0.2, -0.15) is 5.26 Å². The smallest absolute Gasteiger partial charge is 0.271 e. The maximum atomic E-state index is 15.6. The molecule has 3 aliphatic rings. The predicted molar refractivity (Wildman–Crippen MR) is 174 cm³/mol. The Hall–Kier alpha value is -4.74. The topological polar surface area (TPSA) is 138 Å². The van der Waals surface area contributed by atoms with Gasteiger partial charge < -0.3 is 18.6 Å². The molecule has 1 amide bonds. The third kappa shape index (κ3) is 5.12. The van der Waals surface area contributed by atoms with Crippen molar-refractivity contribution in [3.63, 3.8) is 0 Å². The number of morpholine rings is 1. The molecule has 4 aromatic rings. The summed E-state index contributed by atoms with van der Waals surface area (Å²) in [5, 5.41) is 10.1. The molecule has 0 spiro atoms.